The Balaban J connectivity index is 1.35. The first kappa shape index (κ1) is 23.0. The predicted octanol–water partition coefficient (Wildman–Crippen LogP) is 3.07. The Kier molecular flexibility index (Phi) is 6.12. The predicted molar refractivity (Wildman–Crippen MR) is 127 cm³/mol. The average Bonchev–Trinajstić information content (AvgIpc) is 3.17. The largest absolute Gasteiger partial charge is 0.368 e. The van der Waals surface area contributed by atoms with E-state index >= 15 is 0 Å². The van der Waals surface area contributed by atoms with Crippen LogP contribution in [0.25, 0.3) is 0 Å². The molecule has 0 saturated carbocycles. The van der Waals surface area contributed by atoms with E-state index in [1.165, 1.54) is 0 Å². The Hall–Kier alpha value is -3.40. The van der Waals surface area contributed by atoms with Crippen LogP contribution in [0, 0.1) is 0 Å². The highest BCUT2D eigenvalue weighted by Gasteiger charge is 2.56. The number of nitrogens with zero attached hydrogens (tertiary/aromatic N) is 1. The van der Waals surface area contributed by atoms with Gasteiger partial charge < -0.3 is 24.1 Å². The molecule has 8 heteroatoms. The molecule has 0 aliphatic carbocycles. The molecule has 8 nitrogen and oxygen atoms in total. The minimum Gasteiger partial charge on any atom is -0.368 e. The first-order valence-corrected chi connectivity index (χ1v) is 11.9. The molecule has 3 aromatic rings. The summed E-state index contributed by atoms with van der Waals surface area (Å²) in [6.07, 6.45) is -4.37. The van der Waals surface area contributed by atoms with Gasteiger partial charge in [-0.25, -0.2) is 0 Å². The highest BCUT2D eigenvalue weighted by Crippen LogP contribution is 2.39. The van der Waals surface area contributed by atoms with Gasteiger partial charge in [0.25, 0.3) is 11.8 Å². The normalized spacial score (nSPS) is 29.6. The van der Waals surface area contributed by atoms with Gasteiger partial charge in [0, 0.05) is 5.56 Å². The van der Waals surface area contributed by atoms with Gasteiger partial charge in [0.1, 0.15) is 24.4 Å². The quantitative estimate of drug-likeness (QED) is 0.553. The van der Waals surface area contributed by atoms with Crippen LogP contribution in [0.2, 0.25) is 0 Å². The van der Waals surface area contributed by atoms with Crippen LogP contribution in [0.4, 0.5) is 0 Å². The lowest BCUT2D eigenvalue weighted by Gasteiger charge is -2.49. The van der Waals surface area contributed by atoms with Gasteiger partial charge in [0.15, 0.2) is 12.6 Å². The monoisotopic (exact) mass is 487 g/mol. The van der Waals surface area contributed by atoms with Crippen molar-refractivity contribution in [3.05, 3.63) is 107 Å². The lowest BCUT2D eigenvalue weighted by Crippen LogP contribution is -2.67. The maximum atomic E-state index is 13.3. The van der Waals surface area contributed by atoms with Crippen LogP contribution in [0.15, 0.2) is 84.9 Å². The van der Waals surface area contributed by atoms with Crippen molar-refractivity contribution in [1.82, 2.24) is 4.90 Å². The lowest BCUT2D eigenvalue weighted by atomic mass is 9.94. The SMILES string of the molecule is O=C1c2ccccc2C(=O)N1[C@H]1C(O)O[C@@H]2COC(c3ccccc3)O[C@H]2[C@@H]1OCc1ccccc1. The summed E-state index contributed by atoms with van der Waals surface area (Å²) in [6, 6.07) is 24.5. The van der Waals surface area contributed by atoms with Gasteiger partial charge >= 0.3 is 0 Å². The molecular formula is C28H25NO7. The van der Waals surface area contributed by atoms with Crippen LogP contribution in [-0.4, -0.2) is 59.1 Å². The zero-order valence-electron chi connectivity index (χ0n) is 19.3. The number of benzene rings is 3. The zero-order valence-corrected chi connectivity index (χ0v) is 19.3. The van der Waals surface area contributed by atoms with Crippen molar-refractivity contribution in [1.29, 1.82) is 0 Å². The van der Waals surface area contributed by atoms with E-state index in [2.05, 4.69) is 0 Å². The number of hydrogen-bond acceptors (Lipinski definition) is 7. The lowest BCUT2D eigenvalue weighted by molar-refractivity contribution is -0.348. The maximum Gasteiger partial charge on any atom is 0.262 e. The Morgan fingerprint density at radius 3 is 2.11 bits per heavy atom. The molecule has 2 saturated heterocycles. The van der Waals surface area contributed by atoms with Crippen LogP contribution in [0.1, 0.15) is 38.1 Å². The summed E-state index contributed by atoms with van der Waals surface area (Å²) in [5, 5.41) is 11.1. The molecule has 0 radical (unpaired) electrons. The van der Waals surface area contributed by atoms with Crippen molar-refractivity contribution >= 4 is 11.8 Å². The highest BCUT2D eigenvalue weighted by atomic mass is 16.7. The molecule has 6 rings (SSSR count). The third kappa shape index (κ3) is 4.03. The Morgan fingerprint density at radius 1 is 0.833 bits per heavy atom. The van der Waals surface area contributed by atoms with Gasteiger partial charge in [0.2, 0.25) is 0 Å². The molecule has 2 amide bonds. The number of fused-ring (bicyclic) bond motifs is 2. The summed E-state index contributed by atoms with van der Waals surface area (Å²) in [7, 11) is 0. The van der Waals surface area contributed by atoms with Gasteiger partial charge in [-0.2, -0.15) is 0 Å². The topological polar surface area (TPSA) is 94.5 Å². The fourth-order valence-electron chi connectivity index (χ4n) is 5.07. The number of carbonyl (C=O) groups is 2. The number of aliphatic hydroxyl groups is 1. The van der Waals surface area contributed by atoms with Crippen LogP contribution >= 0.6 is 0 Å². The average molecular weight is 488 g/mol. The maximum absolute atomic E-state index is 13.3. The molecule has 3 aliphatic rings. The molecule has 6 atom stereocenters. The van der Waals surface area contributed by atoms with E-state index in [4.69, 9.17) is 18.9 Å². The van der Waals surface area contributed by atoms with Crippen LogP contribution < -0.4 is 0 Å². The van der Waals surface area contributed by atoms with E-state index in [9.17, 15) is 14.7 Å². The van der Waals surface area contributed by atoms with Crippen molar-refractivity contribution < 1.29 is 33.6 Å². The van der Waals surface area contributed by atoms with Gasteiger partial charge in [0.05, 0.1) is 24.3 Å². The first-order chi connectivity index (χ1) is 17.6. The summed E-state index contributed by atoms with van der Waals surface area (Å²) in [5.74, 6) is -0.997. The Labute approximate surface area is 208 Å². The van der Waals surface area contributed by atoms with Crippen molar-refractivity contribution in [3.63, 3.8) is 0 Å². The van der Waals surface area contributed by atoms with Crippen molar-refractivity contribution in [2.75, 3.05) is 6.61 Å². The standard InChI is InChI=1S/C28H25NO7/c30-25-19-13-7-8-14-20(19)26(31)29(25)22-24(33-15-17-9-3-1-4-10-17)23-21(35-27(22)32)16-34-28(36-23)18-11-5-2-6-12-18/h1-14,21-24,27-28,32H,15-16H2/t21-,22-,23-,24-,27?,28?/m1/s1. The van der Waals surface area contributed by atoms with Crippen LogP contribution in [0.5, 0.6) is 0 Å². The molecule has 0 bridgehead atoms. The molecule has 1 N–H and O–H groups in total. The number of amides is 2. The number of aliphatic hydroxyl groups excluding tert-OH is 1. The second-order valence-corrected chi connectivity index (χ2v) is 9.02. The van der Waals surface area contributed by atoms with E-state index in [0.717, 1.165) is 16.0 Å². The minimum atomic E-state index is -1.48. The molecule has 184 valence electrons. The van der Waals surface area contributed by atoms with Gasteiger partial charge in [-0.3, -0.25) is 14.5 Å². The number of rotatable bonds is 5. The smallest absolute Gasteiger partial charge is 0.262 e. The zero-order chi connectivity index (χ0) is 24.6. The van der Waals surface area contributed by atoms with Gasteiger partial charge in [-0.15, -0.1) is 0 Å². The number of imide groups is 1. The fraction of sp³-hybridized carbons (Fsp3) is 0.286. The molecule has 2 fully saturated rings. The van der Waals surface area contributed by atoms with E-state index in [1.54, 1.807) is 24.3 Å². The summed E-state index contributed by atoms with van der Waals surface area (Å²) < 4.78 is 24.4. The summed E-state index contributed by atoms with van der Waals surface area (Å²) in [6.45, 7) is 0.350. The van der Waals surface area contributed by atoms with Crippen molar-refractivity contribution in [2.24, 2.45) is 0 Å². The van der Waals surface area contributed by atoms with Crippen molar-refractivity contribution in [3.8, 4) is 0 Å². The highest BCUT2D eigenvalue weighted by molar-refractivity contribution is 6.21. The van der Waals surface area contributed by atoms with E-state index in [1.807, 2.05) is 60.7 Å². The number of hydrogen-bond donors (Lipinski definition) is 1. The van der Waals surface area contributed by atoms with Crippen LogP contribution in [-0.2, 0) is 25.6 Å². The third-order valence-electron chi connectivity index (χ3n) is 6.81. The second kappa shape index (κ2) is 9.57. The van der Waals surface area contributed by atoms with E-state index in [-0.39, 0.29) is 24.3 Å². The molecule has 3 aliphatic heterocycles. The summed E-state index contributed by atoms with van der Waals surface area (Å²) in [5.41, 5.74) is 2.30. The number of ether oxygens (including phenoxy) is 4. The minimum absolute atomic E-state index is 0.154. The van der Waals surface area contributed by atoms with Gasteiger partial charge in [-0.1, -0.05) is 72.8 Å². The van der Waals surface area contributed by atoms with E-state index in [0.29, 0.717) is 0 Å². The molecule has 0 aromatic heterocycles. The molecule has 3 aromatic carbocycles. The molecule has 0 spiro atoms. The second-order valence-electron chi connectivity index (χ2n) is 9.02. The van der Waals surface area contributed by atoms with Gasteiger partial charge in [-0.05, 0) is 17.7 Å². The summed E-state index contributed by atoms with van der Waals surface area (Å²) in [4.78, 5) is 27.7. The Morgan fingerprint density at radius 2 is 1.44 bits per heavy atom. The Bertz CT molecular complexity index is 1220. The molecule has 3 heterocycles. The first-order valence-electron chi connectivity index (χ1n) is 11.9. The van der Waals surface area contributed by atoms with Crippen molar-refractivity contribution in [2.45, 2.75) is 43.5 Å². The molecule has 2 unspecified atom stereocenters. The number of carbonyl (C=O) groups excluding carboxylic acids is 2. The molecular weight excluding hydrogens is 462 g/mol. The third-order valence-corrected chi connectivity index (χ3v) is 6.81. The molecule has 36 heavy (non-hydrogen) atoms. The summed E-state index contributed by atoms with van der Waals surface area (Å²) >= 11 is 0. The fourth-order valence-corrected chi connectivity index (χ4v) is 5.07. The van der Waals surface area contributed by atoms with Crippen LogP contribution in [0.3, 0.4) is 0 Å². The van der Waals surface area contributed by atoms with E-state index < -0.39 is 48.7 Å².